The molecule has 2 atom stereocenters. The number of benzene rings is 3. The van der Waals surface area contributed by atoms with Crippen LogP contribution in [0.3, 0.4) is 0 Å². The minimum atomic E-state index is -0.839. The van der Waals surface area contributed by atoms with Crippen LogP contribution in [0.5, 0.6) is 0 Å². The summed E-state index contributed by atoms with van der Waals surface area (Å²) in [5.41, 5.74) is 2.09. The van der Waals surface area contributed by atoms with E-state index in [1.807, 2.05) is 47.0 Å². The van der Waals surface area contributed by atoms with Gasteiger partial charge < -0.3 is 18.9 Å². The van der Waals surface area contributed by atoms with Gasteiger partial charge in [-0.15, -0.1) is 0 Å². The second-order valence-corrected chi connectivity index (χ2v) is 17.9. The number of ether oxygens (including phenoxy) is 2. The zero-order valence-electron chi connectivity index (χ0n) is 35.6. The summed E-state index contributed by atoms with van der Waals surface area (Å²) in [5, 5.41) is 5.02. The molecule has 324 valence electrons. The van der Waals surface area contributed by atoms with Gasteiger partial charge in [0.05, 0.1) is 23.5 Å². The third-order valence-corrected chi connectivity index (χ3v) is 12.8. The van der Waals surface area contributed by atoms with Crippen molar-refractivity contribution in [3.8, 4) is 5.69 Å². The van der Waals surface area contributed by atoms with Crippen LogP contribution in [0.25, 0.3) is 16.6 Å². The molecule has 6 aromatic rings. The number of urea groups is 1. The minimum Gasteiger partial charge on any atom is -0.456 e. The molecule has 2 saturated heterocycles. The molecule has 10 rings (SSSR count). The van der Waals surface area contributed by atoms with Gasteiger partial charge in [0.15, 0.2) is 5.82 Å². The normalized spacial score (nSPS) is 20.3. The molecule has 16 heteroatoms. The highest BCUT2D eigenvalue weighted by molar-refractivity contribution is 6.05. The summed E-state index contributed by atoms with van der Waals surface area (Å²) in [6.45, 7) is 9.44. The number of nitrogens with one attached hydrogen (secondary N) is 1. The molecule has 3 aliphatic heterocycles. The lowest BCUT2D eigenvalue weighted by molar-refractivity contribution is 0.00693. The molecule has 6 heterocycles. The fourth-order valence-corrected chi connectivity index (χ4v) is 9.63. The van der Waals surface area contributed by atoms with Crippen LogP contribution in [-0.2, 0) is 28.0 Å². The summed E-state index contributed by atoms with van der Waals surface area (Å²) in [4.78, 5) is 83.1. The van der Waals surface area contributed by atoms with Gasteiger partial charge in [0.2, 0.25) is 5.95 Å². The van der Waals surface area contributed by atoms with Gasteiger partial charge in [0, 0.05) is 55.0 Å². The Bertz CT molecular complexity index is 2920. The van der Waals surface area contributed by atoms with Crippen molar-refractivity contribution >= 4 is 40.4 Å². The van der Waals surface area contributed by atoms with Crippen LogP contribution in [0.2, 0.25) is 0 Å². The van der Waals surface area contributed by atoms with Gasteiger partial charge in [-0.1, -0.05) is 48.5 Å². The molecular formula is C47H48N8O8. The maximum Gasteiger partial charge on any atom is 0.438 e. The van der Waals surface area contributed by atoms with Gasteiger partial charge in [-0.3, -0.25) is 28.9 Å². The number of anilines is 2. The summed E-state index contributed by atoms with van der Waals surface area (Å²) in [7, 11) is 0. The highest BCUT2D eigenvalue weighted by Gasteiger charge is 2.59. The summed E-state index contributed by atoms with van der Waals surface area (Å²) in [6.07, 6.45) is 2.59. The Morgan fingerprint density at radius 3 is 2.35 bits per heavy atom. The van der Waals surface area contributed by atoms with Crippen LogP contribution in [0.1, 0.15) is 96.4 Å². The molecule has 3 aromatic heterocycles. The van der Waals surface area contributed by atoms with Crippen molar-refractivity contribution in [3.63, 3.8) is 0 Å². The lowest BCUT2D eigenvalue weighted by Gasteiger charge is -2.31. The smallest absolute Gasteiger partial charge is 0.438 e. The Balaban J connectivity index is 1.08. The molecule has 1 saturated carbocycles. The van der Waals surface area contributed by atoms with Crippen molar-refractivity contribution in [1.29, 1.82) is 0 Å². The largest absolute Gasteiger partial charge is 0.456 e. The summed E-state index contributed by atoms with van der Waals surface area (Å²) >= 11 is 0. The van der Waals surface area contributed by atoms with Gasteiger partial charge in [0.25, 0.3) is 11.5 Å². The van der Waals surface area contributed by atoms with Gasteiger partial charge in [0.1, 0.15) is 16.8 Å². The number of fused-ring (bicyclic) bond motifs is 2. The second-order valence-electron chi connectivity index (χ2n) is 17.9. The fraction of sp³-hybridized carbons (Fsp3) is 0.383. The van der Waals surface area contributed by atoms with Crippen molar-refractivity contribution in [2.24, 2.45) is 5.92 Å². The van der Waals surface area contributed by atoms with E-state index in [1.54, 1.807) is 54.8 Å². The molecule has 1 aliphatic carbocycles. The standard InChI is InChI=1S/C47H48N8O8/c1-28-26-47(28,42-49-44(59)63-50-42)55-36-15-14-30(29-17-22-61-23-18-29)24-31(36)25-38(55)40(57)51-19-16-33-35(27-51)48-43(53-21-20-52(45(53)60)32-10-6-5-7-11-32)54(39(33)56)37-13-9-8-12-34(37)41(58)62-46(2,3)4/h5-15,24-25,28-29H,16-23,26-27H2,1-4H3,(H,49,50,59)/t28-,47-/m0/s1. The van der Waals surface area contributed by atoms with E-state index in [2.05, 4.69) is 29.2 Å². The van der Waals surface area contributed by atoms with Crippen LogP contribution in [-0.4, -0.2) is 85.5 Å². The highest BCUT2D eigenvalue weighted by Crippen LogP contribution is 2.56. The molecule has 3 aromatic carbocycles. The molecule has 0 unspecified atom stereocenters. The lowest BCUT2D eigenvalue weighted by atomic mass is 9.91. The molecular weight excluding hydrogens is 805 g/mol. The van der Waals surface area contributed by atoms with Crippen LogP contribution in [0.4, 0.5) is 16.4 Å². The molecule has 3 amide bonds. The van der Waals surface area contributed by atoms with Crippen LogP contribution in [0.15, 0.2) is 93.0 Å². The third-order valence-electron chi connectivity index (χ3n) is 12.8. The SMILES string of the molecule is C[C@H]1C[C@]1(c1noc(=O)[nH]1)n1c(C(=O)N2CCc3c(nc(N4CCN(c5ccccc5)C4=O)n(-c4ccccc4C(=O)OC(C)(C)C)c3=O)C2)cc2cc(C3CCOCC3)ccc21. The van der Waals surface area contributed by atoms with Crippen molar-refractivity contribution in [3.05, 3.63) is 134 Å². The number of aromatic amines is 1. The van der Waals surface area contributed by atoms with Crippen molar-refractivity contribution in [1.82, 2.24) is 29.2 Å². The van der Waals surface area contributed by atoms with Crippen molar-refractivity contribution in [2.75, 3.05) is 42.6 Å². The number of esters is 1. The molecule has 1 N–H and O–H groups in total. The van der Waals surface area contributed by atoms with Crippen LogP contribution < -0.4 is 21.1 Å². The number of hydrogen-bond acceptors (Lipinski definition) is 10. The quantitative estimate of drug-likeness (QED) is 0.175. The van der Waals surface area contributed by atoms with E-state index in [0.29, 0.717) is 60.6 Å². The molecule has 0 bridgehead atoms. The number of carbonyl (C=O) groups is 3. The van der Waals surface area contributed by atoms with Crippen LogP contribution in [0, 0.1) is 5.92 Å². The number of rotatable bonds is 8. The predicted octanol–water partition coefficient (Wildman–Crippen LogP) is 6.14. The first kappa shape index (κ1) is 40.3. The van der Waals surface area contributed by atoms with Gasteiger partial charge in [-0.2, -0.15) is 0 Å². The summed E-state index contributed by atoms with van der Waals surface area (Å²) < 4.78 is 19.8. The predicted molar refractivity (Wildman–Crippen MR) is 233 cm³/mol. The van der Waals surface area contributed by atoms with Crippen molar-refractivity contribution < 1.29 is 28.4 Å². The first-order valence-electron chi connectivity index (χ1n) is 21.5. The molecule has 4 aliphatic rings. The number of carbonyl (C=O) groups excluding carboxylic acids is 3. The van der Waals surface area contributed by atoms with E-state index in [1.165, 1.54) is 15.0 Å². The monoisotopic (exact) mass is 852 g/mol. The molecule has 16 nitrogen and oxygen atoms in total. The Labute approximate surface area is 362 Å². The number of nitrogens with zero attached hydrogens (tertiary/aromatic N) is 7. The van der Waals surface area contributed by atoms with Crippen LogP contribution >= 0.6 is 0 Å². The van der Waals surface area contributed by atoms with Crippen molar-refractivity contribution in [2.45, 2.75) is 77.0 Å². The van der Waals surface area contributed by atoms with E-state index in [9.17, 15) is 19.2 Å². The average molecular weight is 853 g/mol. The first-order chi connectivity index (χ1) is 30.3. The first-order valence-corrected chi connectivity index (χ1v) is 21.5. The topological polar surface area (TPSA) is 178 Å². The maximum absolute atomic E-state index is 15.1. The lowest BCUT2D eigenvalue weighted by Crippen LogP contribution is -2.44. The van der Waals surface area contributed by atoms with E-state index in [0.717, 1.165) is 23.7 Å². The maximum atomic E-state index is 15.1. The number of H-pyrrole nitrogens is 1. The number of hydrogen-bond donors (Lipinski definition) is 1. The molecule has 63 heavy (non-hydrogen) atoms. The van der Waals surface area contributed by atoms with E-state index in [-0.39, 0.29) is 61.1 Å². The minimum absolute atomic E-state index is 0.0114. The molecule has 0 spiro atoms. The Hall–Kier alpha value is -6.81. The fourth-order valence-electron chi connectivity index (χ4n) is 9.63. The van der Waals surface area contributed by atoms with Gasteiger partial charge >= 0.3 is 17.8 Å². The van der Waals surface area contributed by atoms with E-state index >= 15 is 4.79 Å². The van der Waals surface area contributed by atoms with Gasteiger partial charge in [-0.05, 0) is 106 Å². The number of aromatic nitrogens is 5. The Kier molecular flexibility index (Phi) is 9.73. The average Bonchev–Trinajstić information content (AvgIpc) is 3.60. The van der Waals surface area contributed by atoms with Gasteiger partial charge in [-0.25, -0.2) is 23.9 Å². The zero-order chi connectivity index (χ0) is 43.8. The second kappa shape index (κ2) is 15.2. The molecule has 0 radical (unpaired) electrons. The Morgan fingerprint density at radius 2 is 1.63 bits per heavy atom. The van der Waals surface area contributed by atoms with E-state index < -0.39 is 28.4 Å². The zero-order valence-corrected chi connectivity index (χ0v) is 35.6. The number of para-hydroxylation sites is 2. The molecule has 3 fully saturated rings. The summed E-state index contributed by atoms with van der Waals surface area (Å²) in [6, 6.07) is 23.7. The third kappa shape index (κ3) is 6.92. The highest BCUT2D eigenvalue weighted by atomic mass is 16.6. The number of amides is 3. The summed E-state index contributed by atoms with van der Waals surface area (Å²) in [5.74, 6) is -0.872. The Morgan fingerprint density at radius 1 is 0.905 bits per heavy atom. The van der Waals surface area contributed by atoms with E-state index in [4.69, 9.17) is 19.0 Å².